The number of aliphatic imine (C=N–C) groups is 1. The van der Waals surface area contributed by atoms with Gasteiger partial charge in [0.2, 0.25) is 10.0 Å². The molecule has 0 unspecified atom stereocenters. The van der Waals surface area contributed by atoms with Gasteiger partial charge >= 0.3 is 0 Å². The van der Waals surface area contributed by atoms with Crippen molar-refractivity contribution in [2.24, 2.45) is 10.7 Å². The Morgan fingerprint density at radius 1 is 1.39 bits per heavy atom. The van der Waals surface area contributed by atoms with E-state index in [1.54, 1.807) is 0 Å². The molecule has 128 valence electrons. The van der Waals surface area contributed by atoms with Crippen LogP contribution in [0.5, 0.6) is 5.75 Å². The molecule has 2 rings (SSSR count). The minimum Gasteiger partial charge on any atom is -0.491 e. The van der Waals surface area contributed by atoms with Crippen LogP contribution < -0.4 is 15.8 Å². The van der Waals surface area contributed by atoms with Crippen molar-refractivity contribution in [1.82, 2.24) is 4.31 Å². The Labute approximate surface area is 137 Å². The monoisotopic (exact) mass is 340 g/mol. The summed E-state index contributed by atoms with van der Waals surface area (Å²) in [7, 11) is -3.07. The lowest BCUT2D eigenvalue weighted by molar-refractivity contribution is 0.242. The van der Waals surface area contributed by atoms with E-state index in [0.717, 1.165) is 11.4 Å². The van der Waals surface area contributed by atoms with E-state index in [2.05, 4.69) is 10.3 Å². The van der Waals surface area contributed by atoms with Crippen LogP contribution in [0.25, 0.3) is 0 Å². The van der Waals surface area contributed by atoms with Crippen LogP contribution >= 0.6 is 0 Å². The molecule has 0 aromatic heterocycles. The molecule has 0 atom stereocenters. The van der Waals surface area contributed by atoms with Crippen LogP contribution in [0.15, 0.2) is 29.3 Å². The van der Waals surface area contributed by atoms with E-state index in [4.69, 9.17) is 10.5 Å². The second-order valence-corrected chi connectivity index (χ2v) is 7.74. The van der Waals surface area contributed by atoms with Gasteiger partial charge in [0, 0.05) is 18.8 Å². The van der Waals surface area contributed by atoms with Crippen molar-refractivity contribution in [2.75, 3.05) is 30.7 Å². The van der Waals surface area contributed by atoms with Crippen LogP contribution in [-0.2, 0) is 10.0 Å². The Bertz CT molecular complexity index is 641. The molecule has 0 radical (unpaired) electrons. The molecule has 0 spiro atoms. The molecule has 1 fully saturated rings. The lowest BCUT2D eigenvalue weighted by Gasteiger charge is -2.13. The number of nitrogens with zero attached hydrogens (tertiary/aromatic N) is 2. The maximum absolute atomic E-state index is 11.7. The summed E-state index contributed by atoms with van der Waals surface area (Å²) in [6.45, 7) is 5.22. The molecule has 1 heterocycles. The van der Waals surface area contributed by atoms with Gasteiger partial charge < -0.3 is 15.8 Å². The van der Waals surface area contributed by atoms with Gasteiger partial charge in [-0.3, -0.25) is 4.99 Å². The summed E-state index contributed by atoms with van der Waals surface area (Å²) in [5.74, 6) is 1.29. The van der Waals surface area contributed by atoms with Crippen LogP contribution in [0.2, 0.25) is 0 Å². The van der Waals surface area contributed by atoms with Gasteiger partial charge in [-0.25, -0.2) is 12.7 Å². The SMILES string of the molecule is CC(C)Oc1ccc(NC(N)=NCCN2CCCS2(=O)=O)cc1. The van der Waals surface area contributed by atoms with E-state index in [9.17, 15) is 8.42 Å². The third kappa shape index (κ3) is 5.40. The molecule has 0 saturated carbocycles. The number of benzene rings is 1. The van der Waals surface area contributed by atoms with Gasteiger partial charge in [-0.2, -0.15) is 0 Å². The molecule has 7 nitrogen and oxygen atoms in total. The number of hydrogen-bond donors (Lipinski definition) is 2. The highest BCUT2D eigenvalue weighted by molar-refractivity contribution is 7.89. The predicted octanol–water partition coefficient (Wildman–Crippen LogP) is 1.24. The summed E-state index contributed by atoms with van der Waals surface area (Å²) in [6, 6.07) is 7.41. The van der Waals surface area contributed by atoms with Crippen molar-refractivity contribution in [3.63, 3.8) is 0 Å². The zero-order valence-corrected chi connectivity index (χ0v) is 14.3. The minimum absolute atomic E-state index is 0.127. The fourth-order valence-corrected chi connectivity index (χ4v) is 3.82. The number of nitrogens with one attached hydrogen (secondary N) is 1. The van der Waals surface area contributed by atoms with Crippen LogP contribution in [0.3, 0.4) is 0 Å². The maximum atomic E-state index is 11.7. The Morgan fingerprint density at radius 2 is 2.09 bits per heavy atom. The van der Waals surface area contributed by atoms with Crippen molar-refractivity contribution < 1.29 is 13.2 Å². The van der Waals surface area contributed by atoms with Gasteiger partial charge in [0.25, 0.3) is 0 Å². The summed E-state index contributed by atoms with van der Waals surface area (Å²) in [5, 5.41) is 2.97. The smallest absolute Gasteiger partial charge is 0.214 e. The molecular weight excluding hydrogens is 316 g/mol. The van der Waals surface area contributed by atoms with Crippen molar-refractivity contribution >= 4 is 21.7 Å². The number of anilines is 1. The van der Waals surface area contributed by atoms with Crippen molar-refractivity contribution in [3.05, 3.63) is 24.3 Å². The summed E-state index contributed by atoms with van der Waals surface area (Å²) in [4.78, 5) is 4.17. The summed E-state index contributed by atoms with van der Waals surface area (Å²) in [5.41, 5.74) is 6.62. The van der Waals surface area contributed by atoms with E-state index in [1.165, 1.54) is 4.31 Å². The molecule has 0 aliphatic carbocycles. The van der Waals surface area contributed by atoms with Crippen LogP contribution in [0.4, 0.5) is 5.69 Å². The molecule has 8 heteroatoms. The number of sulfonamides is 1. The lowest BCUT2D eigenvalue weighted by atomic mass is 10.3. The third-order valence-electron chi connectivity index (χ3n) is 3.33. The van der Waals surface area contributed by atoms with Crippen LogP contribution in [0, 0.1) is 0 Å². The molecule has 1 aliphatic rings. The Kier molecular flexibility index (Phi) is 5.84. The van der Waals surface area contributed by atoms with Gasteiger partial charge in [0.1, 0.15) is 5.75 Å². The molecule has 0 amide bonds. The van der Waals surface area contributed by atoms with Gasteiger partial charge in [0.05, 0.1) is 18.4 Å². The molecule has 1 saturated heterocycles. The van der Waals surface area contributed by atoms with E-state index in [0.29, 0.717) is 26.1 Å². The highest BCUT2D eigenvalue weighted by Crippen LogP contribution is 2.16. The molecule has 1 aromatic rings. The van der Waals surface area contributed by atoms with Crippen molar-refractivity contribution in [3.8, 4) is 5.75 Å². The fourth-order valence-electron chi connectivity index (χ4n) is 2.30. The maximum Gasteiger partial charge on any atom is 0.214 e. The summed E-state index contributed by atoms with van der Waals surface area (Å²) in [6.07, 6.45) is 0.812. The number of rotatable bonds is 6. The van der Waals surface area contributed by atoms with E-state index < -0.39 is 10.0 Å². The zero-order chi connectivity index (χ0) is 16.9. The topological polar surface area (TPSA) is 97.0 Å². The molecule has 0 bridgehead atoms. The molecule has 1 aliphatic heterocycles. The van der Waals surface area contributed by atoms with Gasteiger partial charge in [-0.05, 0) is 44.5 Å². The van der Waals surface area contributed by atoms with Crippen LogP contribution in [0.1, 0.15) is 20.3 Å². The number of guanidine groups is 1. The highest BCUT2D eigenvalue weighted by atomic mass is 32.2. The normalized spacial score (nSPS) is 18.3. The van der Waals surface area contributed by atoms with Crippen molar-refractivity contribution in [2.45, 2.75) is 26.4 Å². The predicted molar refractivity (Wildman–Crippen MR) is 92.3 cm³/mol. The average molecular weight is 340 g/mol. The lowest BCUT2D eigenvalue weighted by Crippen LogP contribution is -2.30. The minimum atomic E-state index is -3.07. The van der Waals surface area contributed by atoms with E-state index in [1.807, 2.05) is 38.1 Å². The van der Waals surface area contributed by atoms with Crippen molar-refractivity contribution in [1.29, 1.82) is 0 Å². The first kappa shape index (κ1) is 17.6. The average Bonchev–Trinajstić information content (AvgIpc) is 2.80. The Hall–Kier alpha value is -1.80. The quantitative estimate of drug-likeness (QED) is 0.600. The molecule has 23 heavy (non-hydrogen) atoms. The number of nitrogens with two attached hydrogens (primary N) is 1. The second kappa shape index (κ2) is 7.65. The Balaban J connectivity index is 1.82. The summed E-state index contributed by atoms with van der Waals surface area (Å²) < 4.78 is 30.3. The Morgan fingerprint density at radius 3 is 2.65 bits per heavy atom. The van der Waals surface area contributed by atoms with E-state index in [-0.39, 0.29) is 17.8 Å². The van der Waals surface area contributed by atoms with Gasteiger partial charge in [-0.15, -0.1) is 0 Å². The number of hydrogen-bond acceptors (Lipinski definition) is 4. The van der Waals surface area contributed by atoms with E-state index >= 15 is 0 Å². The van der Waals surface area contributed by atoms with Crippen LogP contribution in [-0.4, -0.2) is 50.2 Å². The first-order chi connectivity index (χ1) is 10.9. The van der Waals surface area contributed by atoms with Gasteiger partial charge in [-0.1, -0.05) is 0 Å². The first-order valence-corrected chi connectivity index (χ1v) is 9.29. The highest BCUT2D eigenvalue weighted by Gasteiger charge is 2.27. The molecular formula is C15H24N4O3S. The standard InChI is InChI=1S/C15H24N4O3S/c1-12(2)22-14-6-4-13(5-7-14)18-15(16)17-8-10-19-9-3-11-23(19,20)21/h4-7,12H,3,8-11H2,1-2H3,(H3,16,17,18). The second-order valence-electron chi connectivity index (χ2n) is 5.65. The number of ether oxygens (including phenoxy) is 1. The fraction of sp³-hybridized carbons (Fsp3) is 0.533. The molecule has 1 aromatic carbocycles. The largest absolute Gasteiger partial charge is 0.491 e. The third-order valence-corrected chi connectivity index (χ3v) is 5.29. The molecule has 3 N–H and O–H groups in total. The first-order valence-electron chi connectivity index (χ1n) is 7.68. The van der Waals surface area contributed by atoms with Gasteiger partial charge in [0.15, 0.2) is 5.96 Å². The summed E-state index contributed by atoms with van der Waals surface area (Å²) >= 11 is 0. The zero-order valence-electron chi connectivity index (χ0n) is 13.5.